The first kappa shape index (κ1) is 16.6. The molecule has 0 unspecified atom stereocenters. The third-order valence-corrected chi connectivity index (χ3v) is 4.05. The van der Waals surface area contributed by atoms with Crippen molar-refractivity contribution < 1.29 is 18.4 Å². The van der Waals surface area contributed by atoms with Crippen LogP contribution in [0.5, 0.6) is 0 Å². The van der Waals surface area contributed by atoms with E-state index in [0.29, 0.717) is 5.06 Å². The number of rotatable bonds is 3. The van der Waals surface area contributed by atoms with Crippen LogP contribution in [-0.4, -0.2) is 43.7 Å². The van der Waals surface area contributed by atoms with Crippen molar-refractivity contribution in [3.8, 4) is 0 Å². The van der Waals surface area contributed by atoms with Crippen molar-refractivity contribution in [1.82, 2.24) is 5.06 Å². The molecule has 1 aromatic rings. The molecule has 20 heavy (non-hydrogen) atoms. The molecule has 8 heteroatoms. The van der Waals surface area contributed by atoms with Gasteiger partial charge in [-0.2, -0.15) is 5.06 Å². The maximum Gasteiger partial charge on any atom is 0.256 e. The Labute approximate surface area is 122 Å². The summed E-state index contributed by atoms with van der Waals surface area (Å²) in [6, 6.07) is 4.21. The van der Waals surface area contributed by atoms with Crippen molar-refractivity contribution >= 4 is 33.2 Å². The van der Waals surface area contributed by atoms with E-state index in [0.717, 1.165) is 6.26 Å². The molecule has 0 aliphatic heterocycles. The van der Waals surface area contributed by atoms with Crippen molar-refractivity contribution in [1.29, 1.82) is 0 Å². The fraction of sp³-hybridized carbons (Fsp3) is 0.333. The molecule has 0 heterocycles. The Hall–Kier alpha value is -1.44. The van der Waals surface area contributed by atoms with Crippen molar-refractivity contribution in [3.63, 3.8) is 0 Å². The van der Waals surface area contributed by atoms with Gasteiger partial charge in [0, 0.05) is 18.3 Å². The van der Waals surface area contributed by atoms with Crippen LogP contribution in [0.25, 0.3) is 0 Å². The largest absolute Gasteiger partial charge is 0.280 e. The number of hydroxylamine groups is 2. The minimum atomic E-state index is -3.52. The molecule has 0 aliphatic rings. The lowest BCUT2D eigenvalue weighted by molar-refractivity contribution is -0.148. The second kappa shape index (κ2) is 6.34. The molecule has 1 aromatic carbocycles. The van der Waals surface area contributed by atoms with Gasteiger partial charge in [0.15, 0.2) is 9.84 Å². The topological polar surface area (TPSA) is 87.0 Å². The molecule has 0 saturated heterocycles. The molecule has 6 nitrogen and oxygen atoms in total. The van der Waals surface area contributed by atoms with Crippen molar-refractivity contribution in [2.75, 3.05) is 13.3 Å². The van der Waals surface area contributed by atoms with Crippen LogP contribution in [-0.2, 0) is 21.1 Å². The second-order valence-electron chi connectivity index (χ2n) is 4.18. The van der Waals surface area contributed by atoms with Crippen molar-refractivity contribution in [3.05, 3.63) is 28.8 Å². The molecular weight excluding hydrogens is 304 g/mol. The van der Waals surface area contributed by atoms with Crippen molar-refractivity contribution in [2.45, 2.75) is 18.2 Å². The lowest BCUT2D eigenvalue weighted by atomic mass is 10.1. The quantitative estimate of drug-likeness (QED) is 0.396. The van der Waals surface area contributed by atoms with E-state index in [1.165, 1.54) is 32.2 Å². The Morgan fingerprint density at radius 3 is 2.55 bits per heavy atom. The van der Waals surface area contributed by atoms with Gasteiger partial charge in [0.05, 0.1) is 11.3 Å². The summed E-state index contributed by atoms with van der Waals surface area (Å²) in [5.41, 5.74) is 0.268. The Morgan fingerprint density at radius 1 is 1.45 bits per heavy atom. The Bertz CT molecular complexity index is 655. The molecule has 1 N–H and O–H groups in total. The predicted molar refractivity (Wildman–Crippen MR) is 75.9 cm³/mol. The minimum Gasteiger partial charge on any atom is -0.280 e. The summed E-state index contributed by atoms with van der Waals surface area (Å²) in [6.07, 6.45) is 0.755. The van der Waals surface area contributed by atoms with Gasteiger partial charge < -0.3 is 0 Å². The second-order valence-corrected chi connectivity index (χ2v) is 6.60. The smallest absolute Gasteiger partial charge is 0.256 e. The molecule has 0 saturated carbocycles. The van der Waals surface area contributed by atoms with Crippen LogP contribution in [0, 0.1) is 0 Å². The van der Waals surface area contributed by atoms with E-state index in [-0.39, 0.29) is 27.7 Å². The number of carbonyl (C=O) groups excluding carboxylic acids is 1. The summed E-state index contributed by atoms with van der Waals surface area (Å²) >= 11 is 5.77. The Balaban J connectivity index is 3.14. The maximum absolute atomic E-state index is 11.8. The maximum atomic E-state index is 11.8. The van der Waals surface area contributed by atoms with Crippen LogP contribution in [0.15, 0.2) is 28.1 Å². The zero-order valence-corrected chi connectivity index (χ0v) is 12.9. The minimum absolute atomic E-state index is 0.0298. The highest BCUT2D eigenvalue weighted by Crippen LogP contribution is 2.21. The first-order valence-corrected chi connectivity index (χ1v) is 7.87. The van der Waals surface area contributed by atoms with Crippen LogP contribution in [0.4, 0.5) is 0 Å². The number of aliphatic imine (C=N–C) groups is 1. The van der Waals surface area contributed by atoms with Gasteiger partial charge in [-0.05, 0) is 24.6 Å². The molecule has 0 aliphatic carbocycles. The number of benzene rings is 1. The molecule has 1 rings (SSSR count). The summed E-state index contributed by atoms with van der Waals surface area (Å²) in [6.45, 7) is 1.46. The highest BCUT2D eigenvalue weighted by Gasteiger charge is 2.20. The number of carbonyl (C=O) groups is 1. The van der Waals surface area contributed by atoms with Gasteiger partial charge in [0.2, 0.25) is 0 Å². The normalized spacial score (nSPS) is 12.3. The van der Waals surface area contributed by atoms with E-state index in [9.17, 15) is 18.4 Å². The van der Waals surface area contributed by atoms with Gasteiger partial charge in [0.1, 0.15) is 5.84 Å². The standard InChI is InChI=1S/C12H15ClN2O4S/c1-8(14-2)15(17)12(16)6-9-4-5-10(13)7-11(9)20(3,18)19/h4-5,7,17H,6H2,1-3H3. The Kier molecular flexibility index (Phi) is 5.27. The summed E-state index contributed by atoms with van der Waals surface area (Å²) in [7, 11) is -2.09. The van der Waals surface area contributed by atoms with E-state index in [1.54, 1.807) is 0 Å². The fourth-order valence-corrected chi connectivity index (χ4v) is 2.73. The average Bonchev–Trinajstić information content (AvgIpc) is 2.37. The first-order chi connectivity index (χ1) is 9.16. The number of hydrogen-bond acceptors (Lipinski definition) is 5. The van der Waals surface area contributed by atoms with E-state index >= 15 is 0 Å². The van der Waals surface area contributed by atoms with Gasteiger partial charge in [-0.25, -0.2) is 8.42 Å². The summed E-state index contributed by atoms with van der Waals surface area (Å²) in [5, 5.41) is 10.2. The van der Waals surface area contributed by atoms with E-state index in [2.05, 4.69) is 4.99 Å². The van der Waals surface area contributed by atoms with Gasteiger partial charge in [0.25, 0.3) is 5.91 Å². The van der Waals surface area contributed by atoms with Gasteiger partial charge in [-0.15, -0.1) is 0 Å². The molecule has 0 atom stereocenters. The summed E-state index contributed by atoms with van der Waals surface area (Å²) in [5.74, 6) is -0.565. The van der Waals surface area contributed by atoms with Gasteiger partial charge in [-0.1, -0.05) is 17.7 Å². The van der Waals surface area contributed by atoms with Crippen LogP contribution < -0.4 is 0 Å². The van der Waals surface area contributed by atoms with Crippen LogP contribution in [0.3, 0.4) is 0 Å². The molecule has 0 fully saturated rings. The van der Waals surface area contributed by atoms with E-state index in [4.69, 9.17) is 11.6 Å². The zero-order valence-electron chi connectivity index (χ0n) is 11.3. The van der Waals surface area contributed by atoms with Gasteiger partial charge >= 0.3 is 0 Å². The number of nitrogens with zero attached hydrogens (tertiary/aromatic N) is 2. The van der Waals surface area contributed by atoms with E-state index < -0.39 is 15.7 Å². The average molecular weight is 319 g/mol. The number of sulfone groups is 1. The van der Waals surface area contributed by atoms with Crippen LogP contribution >= 0.6 is 11.6 Å². The van der Waals surface area contributed by atoms with Crippen molar-refractivity contribution in [2.24, 2.45) is 4.99 Å². The highest BCUT2D eigenvalue weighted by atomic mass is 35.5. The lowest BCUT2D eigenvalue weighted by Crippen LogP contribution is -2.33. The molecule has 1 amide bonds. The third-order valence-electron chi connectivity index (χ3n) is 2.64. The summed E-state index contributed by atoms with van der Waals surface area (Å²) in [4.78, 5) is 15.5. The van der Waals surface area contributed by atoms with Crippen LogP contribution in [0.1, 0.15) is 12.5 Å². The predicted octanol–water partition coefficient (Wildman–Crippen LogP) is 1.55. The Morgan fingerprint density at radius 2 is 2.05 bits per heavy atom. The number of amidine groups is 1. The lowest BCUT2D eigenvalue weighted by Gasteiger charge is -2.15. The first-order valence-electron chi connectivity index (χ1n) is 5.60. The number of amides is 1. The SMILES string of the molecule is CN=C(C)N(O)C(=O)Cc1ccc(Cl)cc1S(C)(=O)=O. The van der Waals surface area contributed by atoms with E-state index in [1.807, 2.05) is 0 Å². The molecule has 0 spiro atoms. The third kappa shape index (κ3) is 4.03. The zero-order chi connectivity index (χ0) is 15.5. The molecule has 0 radical (unpaired) electrons. The number of halogens is 1. The molecule has 110 valence electrons. The highest BCUT2D eigenvalue weighted by molar-refractivity contribution is 7.90. The monoisotopic (exact) mass is 318 g/mol. The summed E-state index contributed by atoms with van der Waals surface area (Å²) < 4.78 is 23.4. The fourth-order valence-electron chi connectivity index (χ4n) is 1.53. The van der Waals surface area contributed by atoms with Crippen LogP contribution in [0.2, 0.25) is 5.02 Å². The van der Waals surface area contributed by atoms with Gasteiger partial charge in [-0.3, -0.25) is 15.0 Å². The molecule has 0 aromatic heterocycles. The molecule has 0 bridgehead atoms. The molecular formula is C12H15ClN2O4S. The number of hydrogen-bond donors (Lipinski definition) is 1.